The van der Waals surface area contributed by atoms with Crippen molar-refractivity contribution in [3.63, 3.8) is 0 Å². The molecule has 0 saturated heterocycles. The van der Waals surface area contributed by atoms with Crippen LogP contribution in [-0.2, 0) is 13.8 Å². The number of carbonyl (C=O) groups excluding carboxylic acids is 1. The van der Waals surface area contributed by atoms with Gasteiger partial charge in [0.05, 0.1) is 27.4 Å². The smallest absolute Gasteiger partial charge is 0.341 e. The summed E-state index contributed by atoms with van der Waals surface area (Å²) < 4.78 is 29.2. The Labute approximate surface area is 136 Å². The van der Waals surface area contributed by atoms with Crippen LogP contribution in [0.5, 0.6) is 0 Å². The second kappa shape index (κ2) is 5.57. The van der Waals surface area contributed by atoms with Gasteiger partial charge in [-0.2, -0.15) is 5.10 Å². The van der Waals surface area contributed by atoms with Gasteiger partial charge in [-0.05, 0) is 31.0 Å². The molecule has 0 radical (unpaired) electrons. The molecule has 22 heavy (non-hydrogen) atoms. The number of esters is 1. The lowest BCUT2D eigenvalue weighted by atomic mass is 10.3. The predicted octanol–water partition coefficient (Wildman–Crippen LogP) is 2.77. The summed E-state index contributed by atoms with van der Waals surface area (Å²) in [6.07, 6.45) is 4.51. The maximum Gasteiger partial charge on any atom is 0.341 e. The van der Waals surface area contributed by atoms with Crippen molar-refractivity contribution in [2.75, 3.05) is 0 Å². The normalized spacial score (nSPS) is 14.8. The SMILES string of the molecule is O=C(OC1CC1)c1cnn(-c2cc(S(=O)(=O)Cl)ccc2Cl)c1. The molecule has 0 amide bonds. The van der Waals surface area contributed by atoms with E-state index in [4.69, 9.17) is 27.0 Å². The first-order valence-electron chi connectivity index (χ1n) is 6.35. The van der Waals surface area contributed by atoms with Gasteiger partial charge in [0.1, 0.15) is 6.10 Å². The molecule has 3 rings (SSSR count). The van der Waals surface area contributed by atoms with E-state index < -0.39 is 15.0 Å². The van der Waals surface area contributed by atoms with Crippen LogP contribution in [0.4, 0.5) is 0 Å². The first-order valence-corrected chi connectivity index (χ1v) is 9.03. The number of benzene rings is 1. The second-order valence-electron chi connectivity index (χ2n) is 4.83. The fraction of sp³-hybridized carbons (Fsp3) is 0.231. The Morgan fingerprint density at radius 2 is 2.09 bits per heavy atom. The third-order valence-electron chi connectivity index (χ3n) is 3.06. The molecule has 1 aromatic heterocycles. The summed E-state index contributed by atoms with van der Waals surface area (Å²) in [7, 11) is 1.43. The average Bonchev–Trinajstić information content (AvgIpc) is 3.11. The van der Waals surface area contributed by atoms with Gasteiger partial charge in [-0.3, -0.25) is 0 Å². The van der Waals surface area contributed by atoms with Gasteiger partial charge in [0.2, 0.25) is 0 Å². The van der Waals surface area contributed by atoms with Crippen LogP contribution < -0.4 is 0 Å². The molecule has 1 aromatic carbocycles. The lowest BCUT2D eigenvalue weighted by molar-refractivity contribution is 0.0472. The molecular formula is C13H10Cl2N2O4S. The summed E-state index contributed by atoms with van der Waals surface area (Å²) in [6.45, 7) is 0. The number of ether oxygens (including phenoxy) is 1. The largest absolute Gasteiger partial charge is 0.459 e. The second-order valence-corrected chi connectivity index (χ2v) is 7.80. The van der Waals surface area contributed by atoms with Crippen LogP contribution in [0.25, 0.3) is 5.69 Å². The van der Waals surface area contributed by atoms with E-state index in [-0.39, 0.29) is 21.6 Å². The number of carbonyl (C=O) groups is 1. The maximum absolute atomic E-state index is 11.8. The molecule has 1 fully saturated rings. The van der Waals surface area contributed by atoms with E-state index in [2.05, 4.69) is 5.10 Å². The third kappa shape index (κ3) is 3.26. The van der Waals surface area contributed by atoms with Crippen molar-refractivity contribution in [1.82, 2.24) is 9.78 Å². The molecule has 9 heteroatoms. The van der Waals surface area contributed by atoms with Gasteiger partial charge in [-0.1, -0.05) is 11.6 Å². The number of hydrogen-bond acceptors (Lipinski definition) is 5. The van der Waals surface area contributed by atoms with Crippen molar-refractivity contribution < 1.29 is 17.9 Å². The van der Waals surface area contributed by atoms with Gasteiger partial charge in [0.25, 0.3) is 9.05 Å². The Hall–Kier alpha value is -1.57. The summed E-state index contributed by atoms with van der Waals surface area (Å²) in [4.78, 5) is 11.7. The van der Waals surface area contributed by atoms with E-state index >= 15 is 0 Å². The standard InChI is InChI=1S/C13H10Cl2N2O4S/c14-11-4-3-10(22(15,19)20)5-12(11)17-7-8(6-16-17)13(18)21-9-1-2-9/h3-7,9H,1-2H2. The van der Waals surface area contributed by atoms with Crippen molar-refractivity contribution in [2.24, 2.45) is 0 Å². The summed E-state index contributed by atoms with van der Waals surface area (Å²) in [5, 5.41) is 4.29. The Morgan fingerprint density at radius 1 is 1.36 bits per heavy atom. The zero-order valence-corrected chi connectivity index (χ0v) is 13.4. The molecule has 6 nitrogen and oxygen atoms in total. The summed E-state index contributed by atoms with van der Waals surface area (Å²) in [5.41, 5.74) is 0.566. The van der Waals surface area contributed by atoms with Gasteiger partial charge in [-0.25, -0.2) is 17.9 Å². The van der Waals surface area contributed by atoms with Crippen LogP contribution in [0, 0.1) is 0 Å². The number of halogens is 2. The lowest BCUT2D eigenvalue weighted by Gasteiger charge is -2.06. The fourth-order valence-corrected chi connectivity index (χ4v) is 2.76. The van der Waals surface area contributed by atoms with Gasteiger partial charge in [0, 0.05) is 16.9 Å². The van der Waals surface area contributed by atoms with E-state index in [0.717, 1.165) is 12.8 Å². The molecule has 0 N–H and O–H groups in total. The molecule has 0 aliphatic heterocycles. The molecule has 0 unspecified atom stereocenters. The van der Waals surface area contributed by atoms with Crippen molar-refractivity contribution in [1.29, 1.82) is 0 Å². The molecular weight excluding hydrogens is 351 g/mol. The minimum absolute atomic E-state index is 0.0100. The molecule has 0 spiro atoms. The number of nitrogens with zero attached hydrogens (tertiary/aromatic N) is 2. The monoisotopic (exact) mass is 360 g/mol. The van der Waals surface area contributed by atoms with Crippen LogP contribution in [0.15, 0.2) is 35.5 Å². The Balaban J connectivity index is 1.94. The summed E-state index contributed by atoms with van der Waals surface area (Å²) in [6, 6.07) is 3.98. The number of aromatic nitrogens is 2. The van der Waals surface area contributed by atoms with Crippen LogP contribution in [0.3, 0.4) is 0 Å². The molecule has 116 valence electrons. The number of hydrogen-bond donors (Lipinski definition) is 0. The van der Waals surface area contributed by atoms with Crippen LogP contribution >= 0.6 is 22.3 Å². The molecule has 1 heterocycles. The minimum atomic E-state index is -3.89. The van der Waals surface area contributed by atoms with Gasteiger partial charge >= 0.3 is 5.97 Å². The Bertz CT molecular complexity index is 843. The first kappa shape index (κ1) is 15.3. The van der Waals surface area contributed by atoms with Gasteiger partial charge < -0.3 is 4.74 Å². The van der Waals surface area contributed by atoms with Crippen LogP contribution in [0.1, 0.15) is 23.2 Å². The molecule has 0 bridgehead atoms. The van der Waals surface area contributed by atoms with Crippen LogP contribution in [-0.4, -0.2) is 30.3 Å². The number of rotatable bonds is 4. The van der Waals surface area contributed by atoms with E-state index in [1.165, 1.54) is 35.3 Å². The van der Waals surface area contributed by atoms with E-state index in [1.807, 2.05) is 0 Å². The molecule has 1 aliphatic carbocycles. The van der Waals surface area contributed by atoms with E-state index in [0.29, 0.717) is 5.69 Å². The topological polar surface area (TPSA) is 78.3 Å². The predicted molar refractivity (Wildman–Crippen MR) is 80.1 cm³/mol. The van der Waals surface area contributed by atoms with Crippen molar-refractivity contribution in [3.05, 3.63) is 41.2 Å². The highest BCUT2D eigenvalue weighted by Gasteiger charge is 2.27. The molecule has 0 atom stereocenters. The van der Waals surface area contributed by atoms with Crippen molar-refractivity contribution >= 4 is 37.3 Å². The zero-order valence-electron chi connectivity index (χ0n) is 11.1. The third-order valence-corrected chi connectivity index (χ3v) is 4.73. The Kier molecular flexibility index (Phi) is 3.88. The van der Waals surface area contributed by atoms with E-state index in [1.54, 1.807) is 0 Å². The summed E-state index contributed by atoms with van der Waals surface area (Å²) >= 11 is 6.05. The molecule has 1 saturated carbocycles. The van der Waals surface area contributed by atoms with Gasteiger partial charge in [0.15, 0.2) is 0 Å². The average molecular weight is 361 g/mol. The van der Waals surface area contributed by atoms with Crippen molar-refractivity contribution in [3.8, 4) is 5.69 Å². The lowest BCUT2D eigenvalue weighted by Crippen LogP contribution is -2.05. The van der Waals surface area contributed by atoms with E-state index in [9.17, 15) is 13.2 Å². The van der Waals surface area contributed by atoms with Crippen LogP contribution in [0.2, 0.25) is 5.02 Å². The Morgan fingerprint density at radius 3 is 2.73 bits per heavy atom. The maximum atomic E-state index is 11.8. The van der Waals surface area contributed by atoms with Gasteiger partial charge in [-0.15, -0.1) is 0 Å². The van der Waals surface area contributed by atoms with Crippen molar-refractivity contribution in [2.45, 2.75) is 23.8 Å². The molecule has 2 aromatic rings. The first-order chi connectivity index (χ1) is 10.3. The fourth-order valence-electron chi connectivity index (χ4n) is 1.78. The quantitative estimate of drug-likeness (QED) is 0.618. The highest BCUT2D eigenvalue weighted by atomic mass is 35.7. The highest BCUT2D eigenvalue weighted by molar-refractivity contribution is 8.13. The highest BCUT2D eigenvalue weighted by Crippen LogP contribution is 2.27. The minimum Gasteiger partial charge on any atom is -0.459 e. The zero-order chi connectivity index (χ0) is 15.9. The molecule has 1 aliphatic rings. The summed E-state index contributed by atoms with van der Waals surface area (Å²) in [5.74, 6) is -0.467.